The fourth-order valence-corrected chi connectivity index (χ4v) is 1.85. The fraction of sp³-hybridized carbons (Fsp3) is 0.231. The van der Waals surface area contributed by atoms with E-state index in [1.165, 1.54) is 11.1 Å². The smallest absolute Gasteiger partial charge is 0.309 e. The Labute approximate surface area is 99.5 Å². The van der Waals surface area contributed by atoms with Crippen molar-refractivity contribution in [3.8, 4) is 5.69 Å². The van der Waals surface area contributed by atoms with Gasteiger partial charge in [-0.3, -0.25) is 4.79 Å². The summed E-state index contributed by atoms with van der Waals surface area (Å²) in [6.45, 7) is 4.07. The van der Waals surface area contributed by atoms with Crippen molar-refractivity contribution >= 4 is 5.97 Å². The molecule has 1 heterocycles. The lowest BCUT2D eigenvalue weighted by Gasteiger charge is -2.05. The molecule has 1 aromatic heterocycles. The average Bonchev–Trinajstić information content (AvgIpc) is 2.63. The van der Waals surface area contributed by atoms with Gasteiger partial charge in [-0.1, -0.05) is 6.07 Å². The standard InChI is InChI=1S/C13H14N2O2/c1-9-3-10(2)5-12(4-9)15-7-11(14-8-15)6-13(16)17/h3-5,7-8H,6H2,1-2H3,(H,16,17). The number of nitrogens with zero attached hydrogens (tertiary/aromatic N) is 2. The van der Waals surface area contributed by atoms with Crippen LogP contribution < -0.4 is 0 Å². The molecule has 0 saturated carbocycles. The van der Waals surface area contributed by atoms with Crippen LogP contribution in [0.1, 0.15) is 16.8 Å². The van der Waals surface area contributed by atoms with E-state index in [-0.39, 0.29) is 6.42 Å². The highest BCUT2D eigenvalue weighted by Crippen LogP contribution is 2.14. The lowest BCUT2D eigenvalue weighted by atomic mass is 10.1. The second kappa shape index (κ2) is 4.41. The van der Waals surface area contributed by atoms with E-state index in [1.54, 1.807) is 12.5 Å². The quantitative estimate of drug-likeness (QED) is 0.878. The Kier molecular flexibility index (Phi) is 2.95. The van der Waals surface area contributed by atoms with Gasteiger partial charge < -0.3 is 9.67 Å². The van der Waals surface area contributed by atoms with Crippen LogP contribution in [0.25, 0.3) is 5.69 Å². The molecule has 88 valence electrons. The largest absolute Gasteiger partial charge is 0.481 e. The van der Waals surface area contributed by atoms with Crippen LogP contribution in [0, 0.1) is 13.8 Å². The van der Waals surface area contributed by atoms with Crippen LogP contribution >= 0.6 is 0 Å². The van der Waals surface area contributed by atoms with E-state index in [9.17, 15) is 4.79 Å². The number of carbonyl (C=O) groups is 1. The molecule has 1 aromatic carbocycles. The maximum absolute atomic E-state index is 10.6. The Morgan fingerprint density at radius 1 is 1.29 bits per heavy atom. The van der Waals surface area contributed by atoms with Gasteiger partial charge in [0.15, 0.2) is 0 Å². The van der Waals surface area contributed by atoms with E-state index in [1.807, 2.05) is 30.5 Å². The van der Waals surface area contributed by atoms with Gasteiger partial charge in [0, 0.05) is 11.9 Å². The summed E-state index contributed by atoms with van der Waals surface area (Å²) >= 11 is 0. The van der Waals surface area contributed by atoms with Crippen molar-refractivity contribution in [2.75, 3.05) is 0 Å². The first-order valence-corrected chi connectivity index (χ1v) is 5.38. The third-order valence-corrected chi connectivity index (χ3v) is 2.47. The van der Waals surface area contributed by atoms with E-state index in [2.05, 4.69) is 11.1 Å². The monoisotopic (exact) mass is 230 g/mol. The molecule has 0 aliphatic carbocycles. The van der Waals surface area contributed by atoms with Crippen LogP contribution in [0.15, 0.2) is 30.7 Å². The summed E-state index contributed by atoms with van der Waals surface area (Å²) in [5, 5.41) is 8.69. The highest BCUT2D eigenvalue weighted by Gasteiger charge is 2.05. The van der Waals surface area contributed by atoms with Gasteiger partial charge in [-0.05, 0) is 37.1 Å². The zero-order valence-electron chi connectivity index (χ0n) is 9.84. The molecule has 0 aliphatic rings. The van der Waals surface area contributed by atoms with E-state index in [0.717, 1.165) is 5.69 Å². The Balaban J connectivity index is 2.33. The fourth-order valence-electron chi connectivity index (χ4n) is 1.85. The van der Waals surface area contributed by atoms with Gasteiger partial charge in [0.1, 0.15) is 0 Å². The zero-order chi connectivity index (χ0) is 12.4. The molecule has 0 radical (unpaired) electrons. The first-order valence-electron chi connectivity index (χ1n) is 5.38. The molecule has 2 aromatic rings. The summed E-state index contributed by atoms with van der Waals surface area (Å²) in [7, 11) is 0. The molecule has 4 heteroatoms. The second-order valence-corrected chi connectivity index (χ2v) is 4.19. The van der Waals surface area contributed by atoms with E-state index < -0.39 is 5.97 Å². The molecule has 2 rings (SSSR count). The molecule has 17 heavy (non-hydrogen) atoms. The van der Waals surface area contributed by atoms with Gasteiger partial charge in [-0.2, -0.15) is 0 Å². The van der Waals surface area contributed by atoms with Crippen molar-refractivity contribution in [3.63, 3.8) is 0 Å². The number of carboxylic acids is 1. The molecule has 4 nitrogen and oxygen atoms in total. The number of hydrogen-bond donors (Lipinski definition) is 1. The lowest BCUT2D eigenvalue weighted by Crippen LogP contribution is -2.00. The number of imidazole rings is 1. The minimum Gasteiger partial charge on any atom is -0.481 e. The van der Waals surface area contributed by atoms with Crippen LogP contribution in [0.4, 0.5) is 0 Å². The summed E-state index contributed by atoms with van der Waals surface area (Å²) in [5.41, 5.74) is 3.92. The van der Waals surface area contributed by atoms with Crippen molar-refractivity contribution in [1.29, 1.82) is 0 Å². The van der Waals surface area contributed by atoms with E-state index in [0.29, 0.717) is 5.69 Å². The first kappa shape index (κ1) is 11.4. The van der Waals surface area contributed by atoms with Crippen LogP contribution in [-0.4, -0.2) is 20.6 Å². The van der Waals surface area contributed by atoms with Crippen molar-refractivity contribution in [2.24, 2.45) is 0 Å². The summed E-state index contributed by atoms with van der Waals surface area (Å²) < 4.78 is 1.85. The van der Waals surface area contributed by atoms with Crippen LogP contribution in [0.2, 0.25) is 0 Å². The summed E-state index contributed by atoms with van der Waals surface area (Å²) in [4.78, 5) is 14.6. The molecule has 0 saturated heterocycles. The molecule has 0 unspecified atom stereocenters. The van der Waals surface area contributed by atoms with Gasteiger partial charge in [-0.15, -0.1) is 0 Å². The molecule has 0 fully saturated rings. The highest BCUT2D eigenvalue weighted by atomic mass is 16.4. The number of benzene rings is 1. The summed E-state index contributed by atoms with van der Waals surface area (Å²) in [5.74, 6) is -0.865. The summed E-state index contributed by atoms with van der Waals surface area (Å²) in [6.07, 6.45) is 3.35. The third kappa shape index (κ3) is 2.72. The topological polar surface area (TPSA) is 55.1 Å². The average molecular weight is 230 g/mol. The predicted molar refractivity (Wildman–Crippen MR) is 64.4 cm³/mol. The van der Waals surface area contributed by atoms with E-state index in [4.69, 9.17) is 5.11 Å². The SMILES string of the molecule is Cc1cc(C)cc(-n2cnc(CC(=O)O)c2)c1. The van der Waals surface area contributed by atoms with Crippen molar-refractivity contribution in [2.45, 2.75) is 20.3 Å². The van der Waals surface area contributed by atoms with Crippen molar-refractivity contribution in [3.05, 3.63) is 47.5 Å². The molecular weight excluding hydrogens is 216 g/mol. The third-order valence-electron chi connectivity index (χ3n) is 2.47. The molecule has 0 bridgehead atoms. The zero-order valence-corrected chi connectivity index (χ0v) is 9.84. The van der Waals surface area contributed by atoms with Gasteiger partial charge >= 0.3 is 5.97 Å². The number of aryl methyl sites for hydroxylation is 2. The number of rotatable bonds is 3. The Hall–Kier alpha value is -2.10. The minimum atomic E-state index is -0.865. The second-order valence-electron chi connectivity index (χ2n) is 4.19. The van der Waals surface area contributed by atoms with Crippen LogP contribution in [-0.2, 0) is 11.2 Å². The molecule has 1 N–H and O–H groups in total. The van der Waals surface area contributed by atoms with Crippen LogP contribution in [0.3, 0.4) is 0 Å². The minimum absolute atomic E-state index is 0.0439. The van der Waals surface area contributed by atoms with Gasteiger partial charge in [0.05, 0.1) is 18.4 Å². The number of hydrogen-bond acceptors (Lipinski definition) is 2. The Morgan fingerprint density at radius 2 is 1.94 bits per heavy atom. The molecule has 0 atom stereocenters. The summed E-state index contributed by atoms with van der Waals surface area (Å²) in [6, 6.07) is 6.18. The van der Waals surface area contributed by atoms with Crippen molar-refractivity contribution in [1.82, 2.24) is 9.55 Å². The number of aliphatic carboxylic acids is 1. The Bertz CT molecular complexity index is 538. The molecule has 0 aliphatic heterocycles. The molecule has 0 amide bonds. The first-order chi connectivity index (χ1) is 8.04. The normalized spacial score (nSPS) is 10.5. The van der Waals surface area contributed by atoms with Gasteiger partial charge in [0.2, 0.25) is 0 Å². The molecule has 0 spiro atoms. The molecular formula is C13H14N2O2. The number of aromatic nitrogens is 2. The highest BCUT2D eigenvalue weighted by molar-refractivity contribution is 5.69. The van der Waals surface area contributed by atoms with Crippen molar-refractivity contribution < 1.29 is 9.90 Å². The maximum atomic E-state index is 10.6. The van der Waals surface area contributed by atoms with Gasteiger partial charge in [-0.25, -0.2) is 4.98 Å². The predicted octanol–water partition coefficient (Wildman–Crippen LogP) is 2.12. The van der Waals surface area contributed by atoms with Crippen LogP contribution in [0.5, 0.6) is 0 Å². The van der Waals surface area contributed by atoms with Gasteiger partial charge in [0.25, 0.3) is 0 Å². The van der Waals surface area contributed by atoms with E-state index >= 15 is 0 Å². The lowest BCUT2D eigenvalue weighted by molar-refractivity contribution is -0.136. The Morgan fingerprint density at radius 3 is 2.53 bits per heavy atom. The number of carboxylic acid groups (broad SMARTS) is 1. The maximum Gasteiger partial charge on any atom is 0.309 e.